The molecule has 0 unspecified atom stereocenters. The molecule has 0 saturated heterocycles. The van der Waals surface area contributed by atoms with Crippen molar-refractivity contribution in [2.45, 2.75) is 0 Å². The Balaban J connectivity index is 1.86. The summed E-state index contributed by atoms with van der Waals surface area (Å²) in [5.74, 6) is -1.17. The first kappa shape index (κ1) is 20.2. The third-order valence-electron chi connectivity index (χ3n) is 3.58. The summed E-state index contributed by atoms with van der Waals surface area (Å²) in [6.07, 6.45) is 1.52. The van der Waals surface area contributed by atoms with Crippen LogP contribution in [0.4, 0.5) is 4.39 Å². The van der Waals surface area contributed by atoms with Crippen molar-refractivity contribution in [3.8, 4) is 5.75 Å². The highest BCUT2D eigenvalue weighted by Crippen LogP contribution is 2.35. The number of cyclic esters (lactones) is 1. The van der Waals surface area contributed by atoms with Crippen LogP contribution in [0.3, 0.4) is 0 Å². The number of methoxy groups -OCH3 is 1. The molecule has 0 spiro atoms. The highest BCUT2D eigenvalue weighted by Gasteiger charge is 2.24. The minimum atomic E-state index is -0.641. The Morgan fingerprint density at radius 1 is 1.25 bits per heavy atom. The molecule has 2 aromatic rings. The molecule has 1 aliphatic rings. The Bertz CT molecular complexity index is 996. The van der Waals surface area contributed by atoms with E-state index in [2.05, 4.69) is 41.6 Å². The maximum Gasteiger partial charge on any atom is 0.363 e. The molecule has 0 radical (unpaired) electrons. The van der Waals surface area contributed by atoms with Gasteiger partial charge in [-0.15, -0.1) is 0 Å². The molecule has 0 saturated carbocycles. The van der Waals surface area contributed by atoms with Gasteiger partial charge in [-0.3, -0.25) is 0 Å². The van der Waals surface area contributed by atoms with E-state index in [1.165, 1.54) is 31.4 Å². The summed E-state index contributed by atoms with van der Waals surface area (Å²) in [5, 5.41) is 0. The average molecular weight is 513 g/mol. The second-order valence-corrected chi connectivity index (χ2v) is 7.23. The lowest BCUT2D eigenvalue weighted by Gasteiger charge is -2.10. The van der Waals surface area contributed by atoms with Gasteiger partial charge in [0.15, 0.2) is 12.3 Å². The highest BCUT2D eigenvalue weighted by molar-refractivity contribution is 9.11. The number of benzene rings is 2. The van der Waals surface area contributed by atoms with Crippen LogP contribution in [0.1, 0.15) is 11.1 Å². The van der Waals surface area contributed by atoms with E-state index in [1.807, 2.05) is 0 Å². The van der Waals surface area contributed by atoms with E-state index < -0.39 is 17.8 Å². The van der Waals surface area contributed by atoms with Gasteiger partial charge in [-0.1, -0.05) is 6.07 Å². The molecular formula is C19H12Br2FNO5. The summed E-state index contributed by atoms with van der Waals surface area (Å²) < 4.78 is 29.5. The van der Waals surface area contributed by atoms with Crippen LogP contribution in [0.5, 0.6) is 5.75 Å². The lowest BCUT2D eigenvalue weighted by molar-refractivity contribution is -0.143. The number of rotatable bonds is 5. The standard InChI is InChI=1S/C19H12Br2FNO5/c1-26-16(24)9-27-17-13(20)5-10(6-14(17)21)7-15-19(25)28-18(23-15)11-3-2-4-12(22)8-11/h2-8H,9H2,1H3/b15-7-. The number of esters is 2. The molecule has 0 amide bonds. The van der Waals surface area contributed by atoms with Gasteiger partial charge in [-0.2, -0.15) is 0 Å². The van der Waals surface area contributed by atoms with E-state index >= 15 is 0 Å². The fraction of sp³-hybridized carbons (Fsp3) is 0.105. The average Bonchev–Trinajstić information content (AvgIpc) is 3.01. The molecule has 0 atom stereocenters. The van der Waals surface area contributed by atoms with Crippen LogP contribution in [0.25, 0.3) is 6.08 Å². The second-order valence-electron chi connectivity index (χ2n) is 5.52. The van der Waals surface area contributed by atoms with Gasteiger partial charge in [-0.05, 0) is 73.8 Å². The van der Waals surface area contributed by atoms with Crippen LogP contribution in [-0.2, 0) is 19.1 Å². The molecule has 0 bridgehead atoms. The first-order chi connectivity index (χ1) is 13.4. The van der Waals surface area contributed by atoms with Crippen molar-refractivity contribution in [3.05, 3.63) is 68.0 Å². The summed E-state index contributed by atoms with van der Waals surface area (Å²) in [6.45, 7) is -0.248. The van der Waals surface area contributed by atoms with Crippen LogP contribution < -0.4 is 4.74 Å². The van der Waals surface area contributed by atoms with E-state index in [0.717, 1.165) is 0 Å². The van der Waals surface area contributed by atoms with Gasteiger partial charge in [0.2, 0.25) is 5.90 Å². The van der Waals surface area contributed by atoms with E-state index in [-0.39, 0.29) is 18.2 Å². The first-order valence-electron chi connectivity index (χ1n) is 7.84. The molecule has 1 aliphatic heterocycles. The molecular weight excluding hydrogens is 501 g/mol. The molecule has 0 aromatic heterocycles. The van der Waals surface area contributed by atoms with Crippen molar-refractivity contribution in [1.82, 2.24) is 0 Å². The van der Waals surface area contributed by atoms with E-state index in [1.54, 1.807) is 18.2 Å². The predicted octanol–water partition coefficient (Wildman–Crippen LogP) is 4.25. The molecule has 144 valence electrons. The quantitative estimate of drug-likeness (QED) is 0.442. The summed E-state index contributed by atoms with van der Waals surface area (Å²) in [6, 6.07) is 9.00. The van der Waals surface area contributed by atoms with Gasteiger partial charge >= 0.3 is 11.9 Å². The third kappa shape index (κ3) is 4.66. The first-order valence-corrected chi connectivity index (χ1v) is 9.43. The number of carbonyl (C=O) groups is 2. The molecule has 9 heteroatoms. The van der Waals surface area contributed by atoms with Crippen molar-refractivity contribution in [2.24, 2.45) is 4.99 Å². The van der Waals surface area contributed by atoms with Crippen molar-refractivity contribution in [1.29, 1.82) is 0 Å². The summed E-state index contributed by atoms with van der Waals surface area (Å²) in [7, 11) is 1.27. The molecule has 2 aromatic carbocycles. The number of halogens is 3. The number of hydrogen-bond donors (Lipinski definition) is 0. The van der Waals surface area contributed by atoms with Crippen molar-refractivity contribution in [3.63, 3.8) is 0 Å². The van der Waals surface area contributed by atoms with Gasteiger partial charge in [0.1, 0.15) is 11.6 Å². The lowest BCUT2D eigenvalue weighted by Crippen LogP contribution is -2.13. The van der Waals surface area contributed by atoms with Gasteiger partial charge in [0.05, 0.1) is 16.1 Å². The zero-order valence-electron chi connectivity index (χ0n) is 14.4. The highest BCUT2D eigenvalue weighted by atomic mass is 79.9. The summed E-state index contributed by atoms with van der Waals surface area (Å²) in [5.41, 5.74) is 1.06. The smallest absolute Gasteiger partial charge is 0.363 e. The van der Waals surface area contributed by atoms with E-state index in [4.69, 9.17) is 9.47 Å². The number of hydrogen-bond acceptors (Lipinski definition) is 6. The molecule has 6 nitrogen and oxygen atoms in total. The van der Waals surface area contributed by atoms with Crippen LogP contribution in [0.15, 0.2) is 56.0 Å². The number of nitrogens with zero attached hydrogens (tertiary/aromatic N) is 1. The van der Waals surface area contributed by atoms with Crippen LogP contribution in [0.2, 0.25) is 0 Å². The van der Waals surface area contributed by atoms with Gasteiger partial charge in [0, 0.05) is 5.56 Å². The lowest BCUT2D eigenvalue weighted by atomic mass is 10.2. The molecule has 3 rings (SSSR count). The Kier molecular flexibility index (Phi) is 6.25. The maximum atomic E-state index is 13.4. The van der Waals surface area contributed by atoms with Gasteiger partial charge in [-0.25, -0.2) is 19.0 Å². The molecule has 0 N–H and O–H groups in total. The molecule has 1 heterocycles. The number of carbonyl (C=O) groups excluding carboxylic acids is 2. The Hall–Kier alpha value is -2.52. The fourth-order valence-corrected chi connectivity index (χ4v) is 3.75. The Morgan fingerprint density at radius 2 is 1.96 bits per heavy atom. The van der Waals surface area contributed by atoms with Gasteiger partial charge < -0.3 is 14.2 Å². The SMILES string of the molecule is COC(=O)COc1c(Br)cc(/C=C2\N=C(c3cccc(F)c3)OC2=O)cc1Br. The zero-order chi connectivity index (χ0) is 20.3. The van der Waals surface area contributed by atoms with Crippen molar-refractivity contribution in [2.75, 3.05) is 13.7 Å². The topological polar surface area (TPSA) is 74.2 Å². The second kappa shape index (κ2) is 8.66. The van der Waals surface area contributed by atoms with Crippen molar-refractivity contribution < 1.29 is 28.2 Å². The number of aliphatic imine (C=N–C) groups is 1. The van der Waals surface area contributed by atoms with Crippen LogP contribution in [-0.4, -0.2) is 31.6 Å². The normalized spacial score (nSPS) is 14.6. The Morgan fingerprint density at radius 3 is 2.61 bits per heavy atom. The molecule has 28 heavy (non-hydrogen) atoms. The maximum absolute atomic E-state index is 13.4. The predicted molar refractivity (Wildman–Crippen MR) is 106 cm³/mol. The minimum absolute atomic E-state index is 0.0342. The van der Waals surface area contributed by atoms with Crippen molar-refractivity contribution >= 4 is 55.8 Å². The molecule has 0 fully saturated rings. The molecule has 0 aliphatic carbocycles. The minimum Gasteiger partial charge on any atom is -0.480 e. The third-order valence-corrected chi connectivity index (χ3v) is 4.76. The van der Waals surface area contributed by atoms with E-state index in [0.29, 0.717) is 25.8 Å². The van der Waals surface area contributed by atoms with Crippen LogP contribution >= 0.6 is 31.9 Å². The van der Waals surface area contributed by atoms with Crippen LogP contribution in [0, 0.1) is 5.82 Å². The largest absolute Gasteiger partial charge is 0.480 e. The fourth-order valence-electron chi connectivity index (χ4n) is 2.30. The van der Waals surface area contributed by atoms with Gasteiger partial charge in [0.25, 0.3) is 0 Å². The summed E-state index contributed by atoms with van der Waals surface area (Å²) >= 11 is 6.72. The summed E-state index contributed by atoms with van der Waals surface area (Å²) in [4.78, 5) is 27.5. The zero-order valence-corrected chi connectivity index (χ0v) is 17.5. The Labute approximate surface area is 176 Å². The number of ether oxygens (including phenoxy) is 3. The monoisotopic (exact) mass is 511 g/mol. The van der Waals surface area contributed by atoms with E-state index in [9.17, 15) is 14.0 Å².